The number of amides is 1. The molecule has 8 nitrogen and oxygen atoms in total. The van der Waals surface area contributed by atoms with Crippen LogP contribution in [0.4, 0.5) is 15.9 Å². The summed E-state index contributed by atoms with van der Waals surface area (Å²) in [5.41, 5.74) is -0.262. The number of halogens is 1. The molecule has 0 spiro atoms. The highest BCUT2D eigenvalue weighted by Crippen LogP contribution is 2.32. The Labute approximate surface area is 142 Å². The quantitative estimate of drug-likeness (QED) is 0.773. The molecule has 3 aromatic rings. The third-order valence-corrected chi connectivity index (χ3v) is 4.32. The van der Waals surface area contributed by atoms with Gasteiger partial charge in [-0.1, -0.05) is 0 Å². The molecule has 0 saturated carbocycles. The van der Waals surface area contributed by atoms with Gasteiger partial charge in [-0.15, -0.1) is 0 Å². The van der Waals surface area contributed by atoms with Crippen LogP contribution >= 0.6 is 0 Å². The van der Waals surface area contributed by atoms with E-state index in [0.29, 0.717) is 29.2 Å². The normalized spacial score (nSPS) is 20.2. The number of aromatic nitrogens is 5. The van der Waals surface area contributed by atoms with E-state index in [0.717, 1.165) is 0 Å². The van der Waals surface area contributed by atoms with Crippen molar-refractivity contribution in [2.24, 2.45) is 7.05 Å². The van der Waals surface area contributed by atoms with Crippen LogP contribution in [0.5, 0.6) is 0 Å². The monoisotopic (exact) mass is 341 g/mol. The van der Waals surface area contributed by atoms with Gasteiger partial charge in [0.15, 0.2) is 17.0 Å². The number of alkyl halides is 1. The van der Waals surface area contributed by atoms with Gasteiger partial charge in [-0.3, -0.25) is 9.78 Å². The van der Waals surface area contributed by atoms with E-state index in [1.807, 2.05) is 7.05 Å². The third kappa shape index (κ3) is 2.67. The first kappa shape index (κ1) is 15.4. The molecule has 1 amide bonds. The number of carbonyl (C=O) groups excluding carboxylic acids is 1. The van der Waals surface area contributed by atoms with Crippen molar-refractivity contribution in [3.8, 4) is 0 Å². The lowest BCUT2D eigenvalue weighted by atomic mass is 10.0. The van der Waals surface area contributed by atoms with Gasteiger partial charge in [0.25, 0.3) is 5.91 Å². The van der Waals surface area contributed by atoms with Crippen LogP contribution in [0, 0.1) is 0 Å². The number of aryl methyl sites for hydroxylation is 1. The van der Waals surface area contributed by atoms with Crippen molar-refractivity contribution in [3.05, 3.63) is 37.2 Å². The van der Waals surface area contributed by atoms with Gasteiger partial charge in [0.05, 0.1) is 24.8 Å². The van der Waals surface area contributed by atoms with Gasteiger partial charge in [0.1, 0.15) is 6.33 Å². The second kappa shape index (κ2) is 5.76. The fourth-order valence-corrected chi connectivity index (χ4v) is 2.98. The average Bonchev–Trinajstić information content (AvgIpc) is 3.20. The smallest absolute Gasteiger partial charge is 0.264 e. The van der Waals surface area contributed by atoms with Crippen LogP contribution in [0.2, 0.25) is 0 Å². The van der Waals surface area contributed by atoms with E-state index in [-0.39, 0.29) is 13.0 Å². The lowest BCUT2D eigenvalue weighted by Crippen LogP contribution is -2.41. The molecule has 1 fully saturated rings. The molecule has 0 aliphatic carbocycles. The molecule has 128 valence electrons. The molecule has 0 aromatic carbocycles. The fourth-order valence-electron chi connectivity index (χ4n) is 2.98. The Hall–Kier alpha value is -3.10. The van der Waals surface area contributed by atoms with E-state index in [1.165, 1.54) is 12.5 Å². The number of hydrogen-bond acceptors (Lipinski definition) is 6. The number of imidazole rings is 1. The average molecular weight is 341 g/mol. The summed E-state index contributed by atoms with van der Waals surface area (Å²) < 4.78 is 17.0. The molecule has 1 N–H and O–H groups in total. The Morgan fingerprint density at radius 2 is 2.24 bits per heavy atom. The Bertz CT molecular complexity index is 929. The molecule has 1 atom stereocenters. The zero-order valence-electron chi connectivity index (χ0n) is 13.6. The van der Waals surface area contributed by atoms with Gasteiger partial charge in [0.2, 0.25) is 5.67 Å². The van der Waals surface area contributed by atoms with Crippen LogP contribution in [-0.4, -0.2) is 49.2 Å². The summed E-state index contributed by atoms with van der Waals surface area (Å²) in [5, 5.41) is 2.58. The summed E-state index contributed by atoms with van der Waals surface area (Å²) in [6.45, 7) is 0.293. The van der Waals surface area contributed by atoms with Crippen molar-refractivity contribution in [2.75, 3.05) is 23.3 Å². The molecule has 0 bridgehead atoms. The predicted octanol–water partition coefficient (Wildman–Crippen LogP) is 1.32. The van der Waals surface area contributed by atoms with Gasteiger partial charge in [-0.25, -0.2) is 19.3 Å². The number of hydrogen-bond donors (Lipinski definition) is 1. The maximum absolute atomic E-state index is 15.2. The van der Waals surface area contributed by atoms with E-state index in [2.05, 4.69) is 25.3 Å². The predicted molar refractivity (Wildman–Crippen MR) is 89.8 cm³/mol. The molecule has 3 aromatic heterocycles. The standard InChI is InChI=1S/C16H16FN7O/c1-23-10-21-12-13(23)19-9-20-14(12)24-6-4-16(17,8-24)15(25)22-11-3-2-5-18-7-11/h2-3,5,7,9-10H,4,6,8H2,1H3,(H,22,25). The van der Waals surface area contributed by atoms with Crippen molar-refractivity contribution in [2.45, 2.75) is 12.1 Å². The summed E-state index contributed by atoms with van der Waals surface area (Å²) in [7, 11) is 1.83. The number of nitrogens with zero attached hydrogens (tertiary/aromatic N) is 6. The molecule has 25 heavy (non-hydrogen) atoms. The van der Waals surface area contributed by atoms with E-state index in [9.17, 15) is 4.79 Å². The largest absolute Gasteiger partial charge is 0.351 e. The van der Waals surface area contributed by atoms with E-state index in [4.69, 9.17) is 0 Å². The summed E-state index contributed by atoms with van der Waals surface area (Å²) in [6.07, 6.45) is 6.21. The summed E-state index contributed by atoms with van der Waals surface area (Å²) in [6, 6.07) is 3.35. The fraction of sp³-hybridized carbons (Fsp3) is 0.312. The lowest BCUT2D eigenvalue weighted by molar-refractivity contribution is -0.126. The Morgan fingerprint density at radius 1 is 1.36 bits per heavy atom. The van der Waals surface area contributed by atoms with E-state index < -0.39 is 11.6 Å². The van der Waals surface area contributed by atoms with Crippen molar-refractivity contribution < 1.29 is 9.18 Å². The van der Waals surface area contributed by atoms with Crippen LogP contribution in [0.25, 0.3) is 11.2 Å². The van der Waals surface area contributed by atoms with Gasteiger partial charge in [-0.05, 0) is 12.1 Å². The van der Waals surface area contributed by atoms with Crippen LogP contribution in [0.1, 0.15) is 6.42 Å². The number of carbonyl (C=O) groups is 1. The lowest BCUT2D eigenvalue weighted by Gasteiger charge is -2.21. The second-order valence-electron chi connectivity index (χ2n) is 6.06. The molecule has 4 heterocycles. The first-order valence-corrected chi connectivity index (χ1v) is 7.84. The minimum atomic E-state index is -2.00. The van der Waals surface area contributed by atoms with Gasteiger partial charge in [0, 0.05) is 26.2 Å². The highest BCUT2D eigenvalue weighted by molar-refractivity contribution is 5.98. The third-order valence-electron chi connectivity index (χ3n) is 4.32. The number of fused-ring (bicyclic) bond motifs is 1. The second-order valence-corrected chi connectivity index (χ2v) is 6.06. The molecule has 1 saturated heterocycles. The molecule has 1 aliphatic heterocycles. The van der Waals surface area contributed by atoms with Crippen LogP contribution in [0.3, 0.4) is 0 Å². The Morgan fingerprint density at radius 3 is 3.04 bits per heavy atom. The first-order valence-electron chi connectivity index (χ1n) is 7.84. The van der Waals surface area contributed by atoms with Crippen molar-refractivity contribution in [1.82, 2.24) is 24.5 Å². The number of rotatable bonds is 3. The molecule has 4 rings (SSSR count). The zero-order chi connectivity index (χ0) is 17.4. The summed E-state index contributed by atoms with van der Waals surface area (Å²) in [5.74, 6) is -0.131. The van der Waals surface area contributed by atoms with E-state index >= 15 is 4.39 Å². The van der Waals surface area contributed by atoms with Crippen molar-refractivity contribution >= 4 is 28.6 Å². The maximum Gasteiger partial charge on any atom is 0.264 e. The molecular formula is C16H16FN7O. The highest BCUT2D eigenvalue weighted by Gasteiger charge is 2.46. The van der Waals surface area contributed by atoms with Crippen LogP contribution < -0.4 is 10.2 Å². The number of anilines is 2. The number of nitrogens with one attached hydrogen (secondary N) is 1. The zero-order valence-corrected chi connectivity index (χ0v) is 13.6. The molecule has 9 heteroatoms. The molecule has 1 aliphatic rings. The minimum absolute atomic E-state index is 0.0808. The van der Waals surface area contributed by atoms with Gasteiger partial charge >= 0.3 is 0 Å². The summed E-state index contributed by atoms with van der Waals surface area (Å²) in [4.78, 5) is 30.7. The SMILES string of the molecule is Cn1cnc2c(N3CCC(F)(C(=O)Nc4cccnc4)C3)ncnc21. The molecular weight excluding hydrogens is 325 g/mol. The van der Waals surface area contributed by atoms with Crippen LogP contribution in [0.15, 0.2) is 37.2 Å². The summed E-state index contributed by atoms with van der Waals surface area (Å²) >= 11 is 0. The Balaban J connectivity index is 1.56. The molecule has 1 unspecified atom stereocenters. The minimum Gasteiger partial charge on any atom is -0.351 e. The first-order chi connectivity index (χ1) is 12.1. The maximum atomic E-state index is 15.2. The van der Waals surface area contributed by atoms with Crippen LogP contribution in [-0.2, 0) is 11.8 Å². The number of pyridine rings is 1. The van der Waals surface area contributed by atoms with Gasteiger partial charge in [-0.2, -0.15) is 0 Å². The topological polar surface area (TPSA) is 88.8 Å². The van der Waals surface area contributed by atoms with E-state index in [1.54, 1.807) is 34.1 Å². The Kier molecular flexibility index (Phi) is 3.56. The van der Waals surface area contributed by atoms with Crippen molar-refractivity contribution in [3.63, 3.8) is 0 Å². The highest BCUT2D eigenvalue weighted by atomic mass is 19.1. The molecule has 0 radical (unpaired) electrons. The van der Waals surface area contributed by atoms with Gasteiger partial charge < -0.3 is 14.8 Å². The van der Waals surface area contributed by atoms with Crippen molar-refractivity contribution in [1.29, 1.82) is 0 Å².